The highest BCUT2D eigenvalue weighted by Crippen LogP contribution is 2.16. The molecule has 1 aromatic heterocycles. The summed E-state index contributed by atoms with van der Waals surface area (Å²) in [5.41, 5.74) is 0.269. The highest BCUT2D eigenvalue weighted by atomic mass is 19.1. The molecule has 0 unspecified atom stereocenters. The molecule has 0 spiro atoms. The largest absolute Gasteiger partial charge is 0.342 e. The number of Topliss-reactive ketones (excluding diaryl/α,β-unsaturated/α-hetero) is 1. The van der Waals surface area contributed by atoms with E-state index in [0.717, 1.165) is 0 Å². The topological polar surface area (TPSA) is 79.0 Å². The summed E-state index contributed by atoms with van der Waals surface area (Å²) in [6.07, 6.45) is 2.55. The van der Waals surface area contributed by atoms with Crippen molar-refractivity contribution in [3.8, 4) is 11.8 Å². The quantitative estimate of drug-likeness (QED) is 0.601. The molecule has 2 aromatic rings. The maximum atomic E-state index is 13.8. The monoisotopic (exact) mass is 328 g/mol. The molecule has 124 valence electrons. The van der Waals surface area contributed by atoms with E-state index in [0.29, 0.717) is 13.1 Å². The minimum Gasteiger partial charge on any atom is -0.342 e. The molecule has 0 N–H and O–H groups in total. The van der Waals surface area contributed by atoms with Crippen LogP contribution in [0.15, 0.2) is 36.7 Å². The molecular weight excluding hydrogens is 311 g/mol. The molecule has 24 heavy (non-hydrogen) atoms. The number of nitriles is 1. The Morgan fingerprint density at radius 2 is 2.00 bits per heavy atom. The number of para-hydroxylation sites is 1. The molecule has 0 fully saturated rings. The number of amides is 1. The van der Waals surface area contributed by atoms with Crippen LogP contribution in [0.25, 0.3) is 5.69 Å². The van der Waals surface area contributed by atoms with E-state index >= 15 is 0 Å². The maximum absolute atomic E-state index is 13.8. The Bertz CT molecular complexity index is 790. The molecule has 0 saturated heterocycles. The van der Waals surface area contributed by atoms with Gasteiger partial charge in [-0.2, -0.15) is 10.4 Å². The van der Waals surface area contributed by atoms with Crippen molar-refractivity contribution in [2.24, 2.45) is 5.92 Å². The first kappa shape index (κ1) is 17.3. The number of nitrogens with zero attached hydrogens (tertiary/aromatic N) is 4. The third-order valence-electron chi connectivity index (χ3n) is 3.68. The van der Waals surface area contributed by atoms with Crippen molar-refractivity contribution >= 4 is 11.7 Å². The predicted molar refractivity (Wildman–Crippen MR) is 84.9 cm³/mol. The summed E-state index contributed by atoms with van der Waals surface area (Å²) < 4.78 is 15.0. The first-order valence-corrected chi connectivity index (χ1v) is 7.55. The maximum Gasteiger partial charge on any atom is 0.247 e. The molecule has 0 saturated carbocycles. The second kappa shape index (κ2) is 7.51. The molecule has 6 nitrogen and oxygen atoms in total. The first-order chi connectivity index (χ1) is 11.5. The van der Waals surface area contributed by atoms with E-state index in [1.807, 2.05) is 0 Å². The van der Waals surface area contributed by atoms with Gasteiger partial charge in [-0.1, -0.05) is 12.1 Å². The number of carbonyl (C=O) groups excluding carboxylic acids is 2. The number of halogens is 1. The highest BCUT2D eigenvalue weighted by molar-refractivity contribution is 6.11. The van der Waals surface area contributed by atoms with Crippen LogP contribution in [0.3, 0.4) is 0 Å². The standard InChI is InChI=1S/C17H17FN4O2/c1-3-21(4-2)17(24)13(9-19)16(23)12-10-20-22(11-12)15-8-6-5-7-14(15)18/h5-8,10-11,13H,3-4H2,1-2H3/t13-/m1/s1. The molecule has 1 atom stereocenters. The number of rotatable bonds is 6. The van der Waals surface area contributed by atoms with Gasteiger partial charge in [0.05, 0.1) is 17.8 Å². The van der Waals surface area contributed by atoms with Gasteiger partial charge in [0, 0.05) is 19.3 Å². The van der Waals surface area contributed by atoms with Crippen molar-refractivity contribution in [1.29, 1.82) is 5.26 Å². The van der Waals surface area contributed by atoms with Gasteiger partial charge in [0.25, 0.3) is 0 Å². The van der Waals surface area contributed by atoms with E-state index < -0.39 is 23.4 Å². The third-order valence-corrected chi connectivity index (χ3v) is 3.68. The van der Waals surface area contributed by atoms with E-state index in [2.05, 4.69) is 5.10 Å². The lowest BCUT2D eigenvalue weighted by Gasteiger charge is -2.20. The average molecular weight is 328 g/mol. The predicted octanol–water partition coefficient (Wildman–Crippen LogP) is 2.20. The number of hydrogen-bond acceptors (Lipinski definition) is 4. The molecule has 2 rings (SSSR count). The Labute approximate surface area is 139 Å². The van der Waals surface area contributed by atoms with Crippen molar-refractivity contribution in [2.75, 3.05) is 13.1 Å². The van der Waals surface area contributed by atoms with Crippen LogP contribution in [0.1, 0.15) is 24.2 Å². The highest BCUT2D eigenvalue weighted by Gasteiger charge is 2.31. The molecule has 0 aliphatic heterocycles. The smallest absolute Gasteiger partial charge is 0.247 e. The number of carbonyl (C=O) groups is 2. The van der Waals surface area contributed by atoms with E-state index in [4.69, 9.17) is 0 Å². The zero-order valence-corrected chi connectivity index (χ0v) is 13.4. The Balaban J connectivity index is 2.29. The van der Waals surface area contributed by atoms with Crippen molar-refractivity contribution in [2.45, 2.75) is 13.8 Å². The van der Waals surface area contributed by atoms with Crippen LogP contribution in [0, 0.1) is 23.1 Å². The van der Waals surface area contributed by atoms with Crippen molar-refractivity contribution < 1.29 is 14.0 Å². The summed E-state index contributed by atoms with van der Waals surface area (Å²) in [7, 11) is 0. The second-order valence-corrected chi connectivity index (χ2v) is 5.06. The molecule has 0 aliphatic carbocycles. The van der Waals surface area contributed by atoms with Crippen LogP contribution < -0.4 is 0 Å². The zero-order valence-electron chi connectivity index (χ0n) is 13.4. The second-order valence-electron chi connectivity index (χ2n) is 5.06. The lowest BCUT2D eigenvalue weighted by molar-refractivity contribution is -0.132. The van der Waals surface area contributed by atoms with Gasteiger partial charge in [-0.3, -0.25) is 9.59 Å². The normalized spacial score (nSPS) is 11.6. The number of hydrogen-bond donors (Lipinski definition) is 0. The molecule has 1 heterocycles. The van der Waals surface area contributed by atoms with Crippen molar-refractivity contribution in [3.63, 3.8) is 0 Å². The minimum absolute atomic E-state index is 0.0882. The molecule has 1 aromatic carbocycles. The van der Waals surface area contributed by atoms with Gasteiger partial charge in [-0.05, 0) is 26.0 Å². The van der Waals surface area contributed by atoms with Crippen LogP contribution in [0.2, 0.25) is 0 Å². The molecule has 0 aliphatic rings. The van der Waals surface area contributed by atoms with E-state index in [9.17, 15) is 19.2 Å². The van der Waals surface area contributed by atoms with Gasteiger partial charge in [0.2, 0.25) is 5.91 Å². The fourth-order valence-electron chi connectivity index (χ4n) is 2.33. The van der Waals surface area contributed by atoms with Crippen molar-refractivity contribution in [1.82, 2.24) is 14.7 Å². The summed E-state index contributed by atoms with van der Waals surface area (Å²) >= 11 is 0. The van der Waals surface area contributed by atoms with Gasteiger partial charge in [0.15, 0.2) is 11.7 Å². The van der Waals surface area contributed by atoms with Gasteiger partial charge >= 0.3 is 0 Å². The van der Waals surface area contributed by atoms with E-state index in [-0.39, 0.29) is 11.3 Å². The summed E-state index contributed by atoms with van der Waals surface area (Å²) in [5.74, 6) is -3.10. The van der Waals surface area contributed by atoms with Crippen LogP contribution in [-0.2, 0) is 4.79 Å². The number of ketones is 1. The summed E-state index contributed by atoms with van der Waals surface area (Å²) in [4.78, 5) is 26.2. The van der Waals surface area contributed by atoms with E-state index in [1.54, 1.807) is 32.0 Å². The van der Waals surface area contributed by atoms with Crippen molar-refractivity contribution in [3.05, 3.63) is 48.0 Å². The van der Waals surface area contributed by atoms with E-state index in [1.165, 1.54) is 34.1 Å². The lowest BCUT2D eigenvalue weighted by Crippen LogP contribution is -2.38. The third kappa shape index (κ3) is 3.33. The fourth-order valence-corrected chi connectivity index (χ4v) is 2.33. The van der Waals surface area contributed by atoms with Crippen LogP contribution in [-0.4, -0.2) is 39.5 Å². The fraction of sp³-hybridized carbons (Fsp3) is 0.294. The molecular formula is C17H17FN4O2. The SMILES string of the molecule is CCN(CC)C(=O)[C@H](C#N)C(=O)c1cnn(-c2ccccc2F)c1. The Morgan fingerprint density at radius 1 is 1.33 bits per heavy atom. The average Bonchev–Trinajstić information content (AvgIpc) is 3.06. The minimum atomic E-state index is -1.43. The van der Waals surface area contributed by atoms with Gasteiger partial charge < -0.3 is 4.90 Å². The molecule has 7 heteroatoms. The zero-order chi connectivity index (χ0) is 17.7. The summed E-state index contributed by atoms with van der Waals surface area (Å²) in [6, 6.07) is 7.74. The van der Waals surface area contributed by atoms with Gasteiger partial charge in [0.1, 0.15) is 11.5 Å². The first-order valence-electron chi connectivity index (χ1n) is 7.55. The van der Waals surface area contributed by atoms with Crippen LogP contribution in [0.5, 0.6) is 0 Å². The molecule has 0 bridgehead atoms. The van der Waals surface area contributed by atoms with Crippen LogP contribution >= 0.6 is 0 Å². The van der Waals surface area contributed by atoms with Gasteiger partial charge in [-0.25, -0.2) is 9.07 Å². The molecule has 0 radical (unpaired) electrons. The number of benzene rings is 1. The Kier molecular flexibility index (Phi) is 5.42. The van der Waals surface area contributed by atoms with Crippen LogP contribution in [0.4, 0.5) is 4.39 Å². The molecule has 1 amide bonds. The Morgan fingerprint density at radius 3 is 2.58 bits per heavy atom. The lowest BCUT2D eigenvalue weighted by atomic mass is 10.00. The number of aromatic nitrogens is 2. The van der Waals surface area contributed by atoms with Gasteiger partial charge in [-0.15, -0.1) is 0 Å². The summed E-state index contributed by atoms with van der Waals surface area (Å²) in [6.45, 7) is 4.37. The summed E-state index contributed by atoms with van der Waals surface area (Å²) in [5, 5.41) is 13.2. The Hall–Kier alpha value is -3.01.